The number of nitro benzene ring substituents is 1. The molecule has 1 unspecified atom stereocenters. The Kier molecular flexibility index (Phi) is 4.98. The second-order valence-electron chi connectivity index (χ2n) is 4.75. The molecular formula is C13H17IN2O3. The van der Waals surface area contributed by atoms with Crippen LogP contribution in [-0.2, 0) is 0 Å². The maximum absolute atomic E-state index is 11.2. The number of nitrogens with zero attached hydrogens (tertiary/aromatic N) is 2. The van der Waals surface area contributed by atoms with E-state index in [0.29, 0.717) is 12.1 Å². The molecule has 1 aromatic rings. The van der Waals surface area contributed by atoms with Gasteiger partial charge in [0.1, 0.15) is 5.69 Å². The summed E-state index contributed by atoms with van der Waals surface area (Å²) in [6, 6.07) is 5.54. The van der Waals surface area contributed by atoms with Crippen molar-refractivity contribution >= 4 is 34.0 Å². The van der Waals surface area contributed by atoms with Gasteiger partial charge in [0.05, 0.1) is 4.92 Å². The molecule has 0 bridgehead atoms. The molecule has 0 saturated carbocycles. The van der Waals surface area contributed by atoms with Crippen LogP contribution < -0.4 is 4.90 Å². The minimum atomic E-state index is -0.317. The second-order valence-corrected chi connectivity index (χ2v) is 5.99. The number of nitro groups is 1. The average Bonchev–Trinajstić information content (AvgIpc) is 2.40. The first-order valence-corrected chi connectivity index (χ1v) is 7.53. The highest BCUT2D eigenvalue weighted by molar-refractivity contribution is 14.1. The number of aliphatic hydroxyl groups is 1. The van der Waals surface area contributed by atoms with E-state index in [1.165, 1.54) is 0 Å². The summed E-state index contributed by atoms with van der Waals surface area (Å²) < 4.78 is 0.865. The van der Waals surface area contributed by atoms with Gasteiger partial charge in [-0.25, -0.2) is 0 Å². The highest BCUT2D eigenvalue weighted by Gasteiger charge is 2.27. The standard InChI is InChI=1S/C13H17IN2O3/c14-10-4-5-12(13(9-10)16(18)19)15-7-2-1-3-11(15)6-8-17/h4-5,9,11,17H,1-3,6-8H2. The molecular weight excluding hydrogens is 359 g/mol. The molecule has 0 radical (unpaired) electrons. The van der Waals surface area contributed by atoms with Gasteiger partial charge in [-0.2, -0.15) is 0 Å². The normalized spacial score (nSPS) is 19.5. The molecule has 104 valence electrons. The van der Waals surface area contributed by atoms with Crippen LogP contribution in [0.3, 0.4) is 0 Å². The van der Waals surface area contributed by atoms with Crippen molar-refractivity contribution in [2.24, 2.45) is 0 Å². The molecule has 1 aliphatic rings. The van der Waals surface area contributed by atoms with Gasteiger partial charge < -0.3 is 10.0 Å². The van der Waals surface area contributed by atoms with Gasteiger partial charge >= 0.3 is 0 Å². The number of benzene rings is 1. The smallest absolute Gasteiger partial charge is 0.293 e. The molecule has 19 heavy (non-hydrogen) atoms. The Bertz CT molecular complexity index is 465. The van der Waals surface area contributed by atoms with Crippen LogP contribution in [0.2, 0.25) is 0 Å². The first-order chi connectivity index (χ1) is 9.13. The summed E-state index contributed by atoms with van der Waals surface area (Å²) in [5.74, 6) is 0. The summed E-state index contributed by atoms with van der Waals surface area (Å²) in [7, 11) is 0. The Morgan fingerprint density at radius 2 is 2.26 bits per heavy atom. The van der Waals surface area contributed by atoms with Crippen molar-refractivity contribution < 1.29 is 10.0 Å². The molecule has 1 saturated heterocycles. The van der Waals surface area contributed by atoms with Crippen molar-refractivity contribution in [2.75, 3.05) is 18.1 Å². The van der Waals surface area contributed by atoms with Crippen LogP contribution in [0, 0.1) is 13.7 Å². The Labute approximate surface area is 125 Å². The van der Waals surface area contributed by atoms with E-state index in [9.17, 15) is 10.1 Å². The van der Waals surface area contributed by atoms with Gasteiger partial charge in [0, 0.05) is 28.8 Å². The molecule has 0 aromatic heterocycles. The number of aliphatic hydroxyl groups excluding tert-OH is 1. The highest BCUT2D eigenvalue weighted by atomic mass is 127. The Morgan fingerprint density at radius 1 is 1.47 bits per heavy atom. The van der Waals surface area contributed by atoms with Crippen molar-refractivity contribution in [1.82, 2.24) is 0 Å². The average molecular weight is 376 g/mol. The Morgan fingerprint density at radius 3 is 2.95 bits per heavy atom. The molecule has 1 atom stereocenters. The summed E-state index contributed by atoms with van der Waals surface area (Å²) >= 11 is 2.09. The Balaban J connectivity index is 2.35. The summed E-state index contributed by atoms with van der Waals surface area (Å²) in [6.45, 7) is 0.950. The van der Waals surface area contributed by atoms with Gasteiger partial charge in [0.2, 0.25) is 0 Å². The van der Waals surface area contributed by atoms with Gasteiger partial charge in [0.25, 0.3) is 5.69 Å². The van der Waals surface area contributed by atoms with Crippen molar-refractivity contribution in [3.63, 3.8) is 0 Å². The lowest BCUT2D eigenvalue weighted by molar-refractivity contribution is -0.384. The van der Waals surface area contributed by atoms with Crippen LogP contribution in [0.5, 0.6) is 0 Å². The summed E-state index contributed by atoms with van der Waals surface area (Å²) in [5.41, 5.74) is 0.848. The zero-order valence-electron chi connectivity index (χ0n) is 10.6. The van der Waals surface area contributed by atoms with Gasteiger partial charge in [-0.3, -0.25) is 10.1 Å². The maximum Gasteiger partial charge on any atom is 0.293 e. The number of piperidine rings is 1. The maximum atomic E-state index is 11.2. The third-order valence-corrected chi connectivity index (χ3v) is 4.20. The third kappa shape index (κ3) is 3.36. The molecule has 1 N–H and O–H groups in total. The monoisotopic (exact) mass is 376 g/mol. The summed E-state index contributed by atoms with van der Waals surface area (Å²) in [4.78, 5) is 13.0. The lowest BCUT2D eigenvalue weighted by Crippen LogP contribution is -2.40. The predicted octanol–water partition coefficient (Wildman–Crippen LogP) is 2.94. The molecule has 0 aliphatic carbocycles. The van der Waals surface area contributed by atoms with E-state index < -0.39 is 0 Å². The largest absolute Gasteiger partial charge is 0.396 e. The molecule has 0 spiro atoms. The summed E-state index contributed by atoms with van der Waals surface area (Å²) in [5, 5.41) is 20.4. The fraction of sp³-hybridized carbons (Fsp3) is 0.538. The Hall–Kier alpha value is -0.890. The minimum Gasteiger partial charge on any atom is -0.396 e. The number of anilines is 1. The molecule has 1 aliphatic heterocycles. The topological polar surface area (TPSA) is 66.6 Å². The molecule has 1 fully saturated rings. The third-order valence-electron chi connectivity index (χ3n) is 3.53. The molecule has 1 aromatic carbocycles. The number of hydrogen-bond acceptors (Lipinski definition) is 4. The van der Waals surface area contributed by atoms with Gasteiger partial charge in [0.15, 0.2) is 0 Å². The van der Waals surface area contributed by atoms with E-state index in [-0.39, 0.29) is 23.3 Å². The van der Waals surface area contributed by atoms with Gasteiger partial charge in [-0.1, -0.05) is 0 Å². The van der Waals surface area contributed by atoms with Crippen LogP contribution in [0.1, 0.15) is 25.7 Å². The zero-order chi connectivity index (χ0) is 13.8. The fourth-order valence-electron chi connectivity index (χ4n) is 2.65. The minimum absolute atomic E-state index is 0.124. The van der Waals surface area contributed by atoms with Gasteiger partial charge in [-0.15, -0.1) is 0 Å². The van der Waals surface area contributed by atoms with Crippen LogP contribution in [0.15, 0.2) is 18.2 Å². The van der Waals surface area contributed by atoms with E-state index in [0.717, 1.165) is 29.4 Å². The quantitative estimate of drug-likeness (QED) is 0.499. The van der Waals surface area contributed by atoms with Crippen LogP contribution in [0.25, 0.3) is 0 Å². The SMILES string of the molecule is O=[N+]([O-])c1cc(I)ccc1N1CCCCC1CCO. The van der Waals surface area contributed by atoms with E-state index >= 15 is 0 Å². The fourth-order valence-corrected chi connectivity index (χ4v) is 3.13. The van der Waals surface area contributed by atoms with Crippen molar-refractivity contribution in [3.8, 4) is 0 Å². The van der Waals surface area contributed by atoms with Crippen LogP contribution >= 0.6 is 22.6 Å². The predicted molar refractivity (Wildman–Crippen MR) is 82.5 cm³/mol. The lowest BCUT2D eigenvalue weighted by Gasteiger charge is -2.37. The highest BCUT2D eigenvalue weighted by Crippen LogP contribution is 2.34. The molecule has 1 heterocycles. The van der Waals surface area contributed by atoms with Crippen LogP contribution in [0.4, 0.5) is 11.4 Å². The first-order valence-electron chi connectivity index (χ1n) is 6.45. The number of rotatable bonds is 4. The van der Waals surface area contributed by atoms with E-state index in [1.54, 1.807) is 6.07 Å². The molecule has 5 nitrogen and oxygen atoms in total. The number of halogens is 1. The van der Waals surface area contributed by atoms with Crippen molar-refractivity contribution in [3.05, 3.63) is 31.9 Å². The second kappa shape index (κ2) is 6.51. The van der Waals surface area contributed by atoms with Crippen molar-refractivity contribution in [1.29, 1.82) is 0 Å². The lowest BCUT2D eigenvalue weighted by atomic mass is 9.98. The van der Waals surface area contributed by atoms with Crippen LogP contribution in [-0.4, -0.2) is 29.2 Å². The molecule has 0 amide bonds. The first kappa shape index (κ1) is 14.5. The van der Waals surface area contributed by atoms with E-state index in [4.69, 9.17) is 5.11 Å². The molecule has 2 rings (SSSR count). The van der Waals surface area contributed by atoms with E-state index in [1.807, 2.05) is 12.1 Å². The number of hydrogen-bond donors (Lipinski definition) is 1. The summed E-state index contributed by atoms with van der Waals surface area (Å²) in [6.07, 6.45) is 3.83. The van der Waals surface area contributed by atoms with Crippen molar-refractivity contribution in [2.45, 2.75) is 31.7 Å². The van der Waals surface area contributed by atoms with E-state index in [2.05, 4.69) is 27.5 Å². The zero-order valence-corrected chi connectivity index (χ0v) is 12.7. The van der Waals surface area contributed by atoms with Gasteiger partial charge in [-0.05, 0) is 60.4 Å². The molecule has 6 heteroatoms.